The molecule has 0 aliphatic carbocycles. The van der Waals surface area contributed by atoms with Crippen LogP contribution in [0.2, 0.25) is 0 Å². The van der Waals surface area contributed by atoms with Crippen LogP contribution in [0.3, 0.4) is 0 Å². The summed E-state index contributed by atoms with van der Waals surface area (Å²) < 4.78 is 0. The highest BCUT2D eigenvalue weighted by molar-refractivity contribution is 6.06. The molecule has 0 bridgehead atoms. The summed E-state index contributed by atoms with van der Waals surface area (Å²) in [6.07, 6.45) is 0.118. The van der Waals surface area contributed by atoms with E-state index >= 15 is 0 Å². The topological polar surface area (TPSA) is 61.8 Å². The first kappa shape index (κ1) is 21.0. The number of hydrogen-bond acceptors (Lipinski definition) is 3. The molecule has 0 heterocycles. The fraction of sp³-hybridized carbons (Fsp3) is 0.160. The lowest BCUT2D eigenvalue weighted by Crippen LogP contribution is -2.30. The van der Waals surface area contributed by atoms with E-state index in [4.69, 9.17) is 0 Å². The lowest BCUT2D eigenvalue weighted by Gasteiger charge is -2.18. The fourth-order valence-corrected chi connectivity index (χ4v) is 3.17. The van der Waals surface area contributed by atoms with Crippen molar-refractivity contribution < 1.29 is 9.59 Å². The molecule has 0 aromatic heterocycles. The predicted octanol–water partition coefficient (Wildman–Crippen LogP) is 4.36. The maximum Gasteiger partial charge on any atom is 0.252 e. The van der Waals surface area contributed by atoms with E-state index in [1.165, 1.54) is 0 Å². The van der Waals surface area contributed by atoms with Gasteiger partial charge in [-0.25, -0.2) is 5.43 Å². The van der Waals surface area contributed by atoms with Gasteiger partial charge in [-0.15, -0.1) is 0 Å². The average Bonchev–Trinajstić information content (AvgIpc) is 2.79. The molecular weight excluding hydrogens is 374 g/mol. The molecule has 5 nitrogen and oxygen atoms in total. The molecule has 0 spiro atoms. The summed E-state index contributed by atoms with van der Waals surface area (Å²) in [5, 5.41) is 4.18. The molecule has 3 aromatic carbocycles. The van der Waals surface area contributed by atoms with Crippen LogP contribution in [0.5, 0.6) is 0 Å². The summed E-state index contributed by atoms with van der Waals surface area (Å²) in [6, 6.07) is 28.6. The van der Waals surface area contributed by atoms with Gasteiger partial charge < -0.3 is 4.90 Å². The molecule has 0 radical (unpaired) electrons. The molecule has 152 valence electrons. The van der Waals surface area contributed by atoms with Gasteiger partial charge in [0.25, 0.3) is 5.91 Å². The summed E-state index contributed by atoms with van der Waals surface area (Å²) in [5.74, 6) is -0.818. The Hall–Kier alpha value is -3.73. The summed E-state index contributed by atoms with van der Waals surface area (Å²) >= 11 is 0. The van der Waals surface area contributed by atoms with Gasteiger partial charge in [-0.1, -0.05) is 78.9 Å². The zero-order valence-electron chi connectivity index (χ0n) is 17.2. The number of nitrogens with zero attached hydrogens (tertiary/aromatic N) is 2. The molecule has 0 atom stereocenters. The second kappa shape index (κ2) is 10.2. The highest BCUT2D eigenvalue weighted by atomic mass is 16.2. The van der Waals surface area contributed by atoms with Gasteiger partial charge in [0.05, 0.1) is 12.3 Å². The van der Waals surface area contributed by atoms with E-state index in [0.29, 0.717) is 5.71 Å². The van der Waals surface area contributed by atoms with E-state index < -0.39 is 5.92 Å². The molecule has 3 rings (SSSR count). The lowest BCUT2D eigenvalue weighted by molar-refractivity contribution is -0.122. The number of rotatable bonds is 7. The molecule has 2 amide bonds. The number of amides is 2. The smallest absolute Gasteiger partial charge is 0.252 e. The van der Waals surface area contributed by atoms with Gasteiger partial charge in [0.1, 0.15) is 0 Å². The molecule has 30 heavy (non-hydrogen) atoms. The molecule has 0 saturated heterocycles. The zero-order chi connectivity index (χ0) is 21.3. The SMILES string of the molecule is C/C(CC(=O)N(C)c1ccccc1)=N\NC(=O)C(c1ccccc1)c1ccccc1. The van der Waals surface area contributed by atoms with Crippen LogP contribution in [0.4, 0.5) is 5.69 Å². The van der Waals surface area contributed by atoms with Crippen molar-refractivity contribution in [3.05, 3.63) is 102 Å². The van der Waals surface area contributed by atoms with Crippen molar-refractivity contribution in [3.8, 4) is 0 Å². The van der Waals surface area contributed by atoms with Crippen molar-refractivity contribution in [3.63, 3.8) is 0 Å². The van der Waals surface area contributed by atoms with Crippen LogP contribution < -0.4 is 10.3 Å². The van der Waals surface area contributed by atoms with Crippen molar-refractivity contribution in [1.29, 1.82) is 0 Å². The van der Waals surface area contributed by atoms with Crippen molar-refractivity contribution >= 4 is 23.2 Å². The van der Waals surface area contributed by atoms with Crippen LogP contribution in [0, 0.1) is 0 Å². The highest BCUT2D eigenvalue weighted by Gasteiger charge is 2.22. The molecule has 0 aliphatic rings. The third-order valence-corrected chi connectivity index (χ3v) is 4.81. The number of benzene rings is 3. The van der Waals surface area contributed by atoms with Crippen LogP contribution >= 0.6 is 0 Å². The first-order chi connectivity index (χ1) is 14.6. The molecule has 0 fully saturated rings. The van der Waals surface area contributed by atoms with Crippen LogP contribution in [0.15, 0.2) is 96.1 Å². The van der Waals surface area contributed by atoms with Crippen LogP contribution in [0.1, 0.15) is 30.4 Å². The summed E-state index contributed by atoms with van der Waals surface area (Å²) in [4.78, 5) is 27.1. The van der Waals surface area contributed by atoms with Gasteiger partial charge >= 0.3 is 0 Å². The molecule has 0 aliphatic heterocycles. The maximum atomic E-state index is 13.0. The van der Waals surface area contributed by atoms with Crippen LogP contribution in [-0.2, 0) is 9.59 Å². The normalized spacial score (nSPS) is 11.2. The average molecular weight is 399 g/mol. The van der Waals surface area contributed by atoms with Gasteiger partial charge in [0.2, 0.25) is 5.91 Å². The maximum absolute atomic E-state index is 13.0. The Morgan fingerprint density at radius 3 is 1.80 bits per heavy atom. The van der Waals surface area contributed by atoms with Gasteiger partial charge in [-0.2, -0.15) is 5.10 Å². The summed E-state index contributed by atoms with van der Waals surface area (Å²) in [7, 11) is 1.73. The van der Waals surface area contributed by atoms with Crippen molar-refractivity contribution in [2.45, 2.75) is 19.3 Å². The van der Waals surface area contributed by atoms with E-state index in [-0.39, 0.29) is 18.2 Å². The van der Waals surface area contributed by atoms with E-state index in [1.807, 2.05) is 91.0 Å². The first-order valence-corrected chi connectivity index (χ1v) is 9.81. The van der Waals surface area contributed by atoms with E-state index in [1.54, 1.807) is 18.9 Å². The van der Waals surface area contributed by atoms with Gasteiger partial charge in [0, 0.05) is 18.4 Å². The Balaban J connectivity index is 1.70. The number of anilines is 1. The van der Waals surface area contributed by atoms with Crippen molar-refractivity contribution in [2.24, 2.45) is 5.10 Å². The summed E-state index contributed by atoms with van der Waals surface area (Å²) in [5.41, 5.74) is 5.76. The standard InChI is InChI=1S/C25H25N3O2/c1-19(18-23(29)28(2)22-16-10-5-11-17-22)26-27-25(30)24(20-12-6-3-7-13-20)21-14-8-4-9-15-21/h3-17,24H,18H2,1-2H3,(H,27,30)/b26-19+. The van der Waals surface area contributed by atoms with E-state index in [0.717, 1.165) is 16.8 Å². The van der Waals surface area contributed by atoms with Crippen molar-refractivity contribution in [2.75, 3.05) is 11.9 Å². The van der Waals surface area contributed by atoms with Crippen LogP contribution in [0.25, 0.3) is 0 Å². The Bertz CT molecular complexity index is 963. The third kappa shape index (κ3) is 5.41. The Morgan fingerprint density at radius 2 is 1.30 bits per heavy atom. The predicted molar refractivity (Wildman–Crippen MR) is 120 cm³/mol. The quantitative estimate of drug-likeness (QED) is 0.474. The minimum absolute atomic E-state index is 0.0978. The Morgan fingerprint density at radius 1 is 0.833 bits per heavy atom. The fourth-order valence-electron chi connectivity index (χ4n) is 3.17. The first-order valence-electron chi connectivity index (χ1n) is 9.81. The zero-order valence-corrected chi connectivity index (χ0v) is 17.2. The largest absolute Gasteiger partial charge is 0.315 e. The number of nitrogens with one attached hydrogen (secondary N) is 1. The Kier molecular flexibility index (Phi) is 7.11. The lowest BCUT2D eigenvalue weighted by atomic mass is 9.91. The second-order valence-electron chi connectivity index (χ2n) is 7.04. The highest BCUT2D eigenvalue weighted by Crippen LogP contribution is 2.24. The second-order valence-corrected chi connectivity index (χ2v) is 7.04. The van der Waals surface area contributed by atoms with Crippen molar-refractivity contribution in [1.82, 2.24) is 5.43 Å². The van der Waals surface area contributed by atoms with Gasteiger partial charge in [0.15, 0.2) is 0 Å². The molecule has 0 saturated carbocycles. The number of hydrogen-bond donors (Lipinski definition) is 1. The summed E-state index contributed by atoms with van der Waals surface area (Å²) in [6.45, 7) is 1.73. The van der Waals surface area contributed by atoms with Gasteiger partial charge in [-0.3, -0.25) is 9.59 Å². The number of carbonyl (C=O) groups excluding carboxylic acids is 2. The molecular formula is C25H25N3O2. The van der Waals surface area contributed by atoms with Crippen LogP contribution in [-0.4, -0.2) is 24.6 Å². The van der Waals surface area contributed by atoms with Gasteiger partial charge in [-0.05, 0) is 30.2 Å². The number of carbonyl (C=O) groups is 2. The van der Waals surface area contributed by atoms with E-state index in [2.05, 4.69) is 10.5 Å². The monoisotopic (exact) mass is 399 g/mol. The minimum Gasteiger partial charge on any atom is -0.315 e. The molecule has 3 aromatic rings. The number of para-hydroxylation sites is 1. The van der Waals surface area contributed by atoms with E-state index in [9.17, 15) is 9.59 Å². The Labute approximate surface area is 177 Å². The third-order valence-electron chi connectivity index (χ3n) is 4.81. The molecule has 0 unspecified atom stereocenters. The molecule has 1 N–H and O–H groups in total. The molecule has 5 heteroatoms. The minimum atomic E-state index is -0.480. The number of hydrazone groups is 1.